The molecule has 1 N–H and O–H groups in total. The first-order valence-corrected chi connectivity index (χ1v) is 7.82. The van der Waals surface area contributed by atoms with Crippen LogP contribution in [0.15, 0.2) is 30.6 Å². The predicted molar refractivity (Wildman–Crippen MR) is 81.0 cm³/mol. The molecule has 1 aliphatic rings. The lowest BCUT2D eigenvalue weighted by atomic mass is 10.1. The van der Waals surface area contributed by atoms with Crippen molar-refractivity contribution in [2.45, 2.75) is 25.2 Å². The van der Waals surface area contributed by atoms with Crippen molar-refractivity contribution in [3.63, 3.8) is 0 Å². The number of carbonyl (C=O) groups is 1. The summed E-state index contributed by atoms with van der Waals surface area (Å²) in [5, 5.41) is 6.51. The Balaban J connectivity index is 1.61. The molecule has 3 rings (SSSR count). The zero-order chi connectivity index (χ0) is 18.9. The minimum Gasteiger partial charge on any atom is -0.334 e. The molecule has 0 radical (unpaired) electrons. The largest absolute Gasteiger partial charge is 0.419 e. The fourth-order valence-electron chi connectivity index (χ4n) is 2.86. The minimum absolute atomic E-state index is 0.0241. The van der Waals surface area contributed by atoms with Crippen LogP contribution in [0.4, 0.5) is 26.7 Å². The second kappa shape index (κ2) is 6.93. The maximum atomic E-state index is 13.8. The smallest absolute Gasteiger partial charge is 0.334 e. The topological polar surface area (TPSA) is 50.2 Å². The average Bonchev–Trinajstić information content (AvgIpc) is 3.24. The summed E-state index contributed by atoms with van der Waals surface area (Å²) in [5.74, 6) is -2.81. The number of alkyl halides is 3. The highest BCUT2D eigenvalue weighted by Crippen LogP contribution is 2.32. The van der Waals surface area contributed by atoms with Crippen LogP contribution in [0.25, 0.3) is 0 Å². The predicted octanol–water partition coefficient (Wildman–Crippen LogP) is 3.34. The normalized spacial score (nSPS) is 17.6. The number of aromatic nitrogens is 2. The van der Waals surface area contributed by atoms with Crippen LogP contribution in [-0.4, -0.2) is 33.8 Å². The van der Waals surface area contributed by atoms with Gasteiger partial charge in [-0.3, -0.25) is 4.68 Å². The van der Waals surface area contributed by atoms with Gasteiger partial charge in [-0.2, -0.15) is 18.3 Å². The van der Waals surface area contributed by atoms with Crippen molar-refractivity contribution < 1.29 is 26.7 Å². The van der Waals surface area contributed by atoms with E-state index in [0.717, 1.165) is 0 Å². The molecular formula is C16H15F5N4O. The molecule has 1 fully saturated rings. The molecule has 1 atom stereocenters. The van der Waals surface area contributed by atoms with E-state index in [1.165, 1.54) is 4.90 Å². The first-order chi connectivity index (χ1) is 12.3. The van der Waals surface area contributed by atoms with E-state index in [2.05, 4.69) is 10.4 Å². The Morgan fingerprint density at radius 2 is 2.04 bits per heavy atom. The van der Waals surface area contributed by atoms with Crippen LogP contribution >= 0.6 is 0 Å². The lowest BCUT2D eigenvalue weighted by Gasteiger charge is -2.18. The number of urea groups is 1. The third kappa shape index (κ3) is 3.78. The standard InChI is InChI=1S/C16H15F5N4O/c17-13-7-12(16(19,20)21)14(18)6-10(13)8-22-15(26)24-5-2-11(9-24)25-4-1-3-23-25/h1,3-4,6-7,11H,2,5,8-9H2,(H,22,26). The summed E-state index contributed by atoms with van der Waals surface area (Å²) in [6.07, 6.45) is -0.876. The average molecular weight is 374 g/mol. The molecule has 1 aliphatic heterocycles. The van der Waals surface area contributed by atoms with Gasteiger partial charge in [-0.25, -0.2) is 13.6 Å². The molecule has 2 heterocycles. The molecule has 26 heavy (non-hydrogen) atoms. The van der Waals surface area contributed by atoms with Gasteiger partial charge in [-0.15, -0.1) is 0 Å². The Labute approximate surface area is 145 Å². The van der Waals surface area contributed by atoms with Gasteiger partial charge in [0.2, 0.25) is 0 Å². The number of nitrogens with zero attached hydrogens (tertiary/aromatic N) is 3. The van der Waals surface area contributed by atoms with Crippen molar-refractivity contribution in [1.82, 2.24) is 20.0 Å². The molecule has 1 unspecified atom stereocenters. The summed E-state index contributed by atoms with van der Waals surface area (Å²) >= 11 is 0. The van der Waals surface area contributed by atoms with Crippen molar-refractivity contribution >= 4 is 6.03 Å². The van der Waals surface area contributed by atoms with Gasteiger partial charge < -0.3 is 10.2 Å². The molecular weight excluding hydrogens is 359 g/mol. The summed E-state index contributed by atoms with van der Waals surface area (Å²) in [6, 6.07) is 1.84. The van der Waals surface area contributed by atoms with Gasteiger partial charge in [0.15, 0.2) is 0 Å². The number of hydrogen-bond acceptors (Lipinski definition) is 2. The van der Waals surface area contributed by atoms with Gasteiger partial charge in [0, 0.05) is 37.6 Å². The molecule has 5 nitrogen and oxygen atoms in total. The van der Waals surface area contributed by atoms with Crippen LogP contribution in [0, 0.1) is 11.6 Å². The summed E-state index contributed by atoms with van der Waals surface area (Å²) in [7, 11) is 0. The number of likely N-dealkylation sites (tertiary alicyclic amines) is 1. The van der Waals surface area contributed by atoms with E-state index < -0.39 is 36.0 Å². The highest BCUT2D eigenvalue weighted by molar-refractivity contribution is 5.74. The van der Waals surface area contributed by atoms with Crippen molar-refractivity contribution in [3.05, 3.63) is 53.4 Å². The van der Waals surface area contributed by atoms with E-state index in [1.54, 1.807) is 23.1 Å². The summed E-state index contributed by atoms with van der Waals surface area (Å²) < 4.78 is 66.7. The highest BCUT2D eigenvalue weighted by atomic mass is 19.4. The van der Waals surface area contributed by atoms with Crippen LogP contribution in [0.1, 0.15) is 23.6 Å². The fourth-order valence-corrected chi connectivity index (χ4v) is 2.86. The highest BCUT2D eigenvalue weighted by Gasteiger charge is 2.35. The summed E-state index contributed by atoms with van der Waals surface area (Å²) in [4.78, 5) is 13.6. The van der Waals surface area contributed by atoms with Crippen LogP contribution in [-0.2, 0) is 12.7 Å². The molecule has 0 bridgehead atoms. The maximum absolute atomic E-state index is 13.8. The van der Waals surface area contributed by atoms with E-state index >= 15 is 0 Å². The molecule has 0 saturated carbocycles. The van der Waals surface area contributed by atoms with Crippen molar-refractivity contribution in [2.75, 3.05) is 13.1 Å². The SMILES string of the molecule is O=C(NCc1cc(F)c(C(F)(F)F)cc1F)N1CCC(n2cccn2)C1. The Morgan fingerprint density at radius 1 is 1.27 bits per heavy atom. The number of rotatable bonds is 3. The quantitative estimate of drug-likeness (QED) is 0.838. The minimum atomic E-state index is -4.98. The zero-order valence-electron chi connectivity index (χ0n) is 13.4. The first kappa shape index (κ1) is 18.2. The van der Waals surface area contributed by atoms with Gasteiger partial charge in [-0.05, 0) is 24.6 Å². The Hall–Kier alpha value is -2.65. The zero-order valence-corrected chi connectivity index (χ0v) is 13.4. The molecule has 1 aromatic heterocycles. The molecule has 140 valence electrons. The van der Waals surface area contributed by atoms with E-state index in [9.17, 15) is 26.7 Å². The number of amides is 2. The van der Waals surface area contributed by atoms with E-state index in [4.69, 9.17) is 0 Å². The number of nitrogens with one attached hydrogen (secondary N) is 1. The molecule has 2 amide bonds. The van der Waals surface area contributed by atoms with Gasteiger partial charge in [0.1, 0.15) is 11.6 Å². The van der Waals surface area contributed by atoms with Crippen molar-refractivity contribution in [2.24, 2.45) is 0 Å². The second-order valence-electron chi connectivity index (χ2n) is 5.95. The molecule has 0 aliphatic carbocycles. The summed E-state index contributed by atoms with van der Waals surface area (Å²) in [5.41, 5.74) is -2.03. The van der Waals surface area contributed by atoms with Gasteiger partial charge in [0.25, 0.3) is 0 Å². The number of benzene rings is 1. The molecule has 0 spiro atoms. The van der Waals surface area contributed by atoms with Crippen LogP contribution in [0.3, 0.4) is 0 Å². The van der Waals surface area contributed by atoms with Crippen LogP contribution in [0.5, 0.6) is 0 Å². The Kier molecular flexibility index (Phi) is 4.84. The Bertz CT molecular complexity index is 791. The fraction of sp³-hybridized carbons (Fsp3) is 0.375. The van der Waals surface area contributed by atoms with E-state index in [-0.39, 0.29) is 17.7 Å². The number of carbonyl (C=O) groups excluding carboxylic acids is 1. The second-order valence-corrected chi connectivity index (χ2v) is 5.95. The lowest BCUT2D eigenvalue weighted by Crippen LogP contribution is -2.38. The number of halogens is 5. The van der Waals surface area contributed by atoms with E-state index in [1.807, 2.05) is 0 Å². The molecule has 10 heteroatoms. The Morgan fingerprint density at radius 3 is 2.69 bits per heavy atom. The monoisotopic (exact) mass is 374 g/mol. The molecule has 1 saturated heterocycles. The number of hydrogen-bond donors (Lipinski definition) is 1. The maximum Gasteiger partial charge on any atom is 0.419 e. The lowest BCUT2D eigenvalue weighted by molar-refractivity contribution is -0.140. The van der Waals surface area contributed by atoms with E-state index in [0.29, 0.717) is 25.6 Å². The van der Waals surface area contributed by atoms with Gasteiger partial charge in [-0.1, -0.05) is 0 Å². The van der Waals surface area contributed by atoms with Crippen molar-refractivity contribution in [1.29, 1.82) is 0 Å². The van der Waals surface area contributed by atoms with Crippen molar-refractivity contribution in [3.8, 4) is 0 Å². The third-order valence-corrected chi connectivity index (χ3v) is 4.22. The van der Waals surface area contributed by atoms with Gasteiger partial charge in [0.05, 0.1) is 11.6 Å². The van der Waals surface area contributed by atoms with Crippen LogP contribution in [0.2, 0.25) is 0 Å². The third-order valence-electron chi connectivity index (χ3n) is 4.22. The molecule has 2 aromatic rings. The first-order valence-electron chi connectivity index (χ1n) is 7.82. The molecule has 1 aromatic carbocycles. The van der Waals surface area contributed by atoms with Gasteiger partial charge >= 0.3 is 12.2 Å². The summed E-state index contributed by atoms with van der Waals surface area (Å²) in [6.45, 7) is 0.445. The van der Waals surface area contributed by atoms with Crippen LogP contribution < -0.4 is 5.32 Å².